The van der Waals surface area contributed by atoms with Crippen molar-refractivity contribution in [2.24, 2.45) is 0 Å². The molecule has 0 N–H and O–H groups in total. The number of hydrogen-bond acceptors (Lipinski definition) is 1. The van der Waals surface area contributed by atoms with E-state index in [0.29, 0.717) is 0 Å². The smallest absolute Gasteiger partial charge is 0.399 e. The number of allylic oxidation sites excluding steroid dienone is 3. The van der Waals surface area contributed by atoms with Gasteiger partial charge >= 0.3 is 18.9 Å². The molecule has 0 saturated carbocycles. The maximum atomic E-state index is 3.33. The predicted molar refractivity (Wildman–Crippen MR) is 43.4 cm³/mol. The van der Waals surface area contributed by atoms with Gasteiger partial charge in [0.05, 0.1) is 0 Å². The first-order chi connectivity index (χ1) is 4.61. The standard InChI is InChI=1S/C9H14N.Li/c1-7-5-9(10(3)4)6-8(7)2;/h5H2,1-4H3;/q-1;+1. The van der Waals surface area contributed by atoms with E-state index in [0.717, 1.165) is 6.42 Å². The molecule has 1 rings (SSSR count). The van der Waals surface area contributed by atoms with Gasteiger partial charge in [0.25, 0.3) is 0 Å². The normalized spacial score (nSPS) is 16.2. The van der Waals surface area contributed by atoms with Crippen LogP contribution in [0.1, 0.15) is 20.3 Å². The maximum Gasteiger partial charge on any atom is 1.00 e. The summed E-state index contributed by atoms with van der Waals surface area (Å²) in [4.78, 5) is 2.12. The van der Waals surface area contributed by atoms with Crippen molar-refractivity contribution in [3.63, 3.8) is 0 Å². The molecule has 0 atom stereocenters. The Morgan fingerprint density at radius 3 is 2.00 bits per heavy atom. The fourth-order valence-electron chi connectivity index (χ4n) is 1.02. The second-order valence-corrected chi connectivity index (χ2v) is 3.05. The summed E-state index contributed by atoms with van der Waals surface area (Å²) in [6.07, 6.45) is 4.41. The molecule has 2 heteroatoms. The summed E-state index contributed by atoms with van der Waals surface area (Å²) in [6.45, 7) is 4.28. The molecule has 0 aromatic heterocycles. The van der Waals surface area contributed by atoms with Crippen LogP contribution in [-0.4, -0.2) is 19.0 Å². The second kappa shape index (κ2) is 4.04. The van der Waals surface area contributed by atoms with Crippen LogP contribution in [0, 0.1) is 6.08 Å². The van der Waals surface area contributed by atoms with Crippen molar-refractivity contribution in [1.82, 2.24) is 4.90 Å². The van der Waals surface area contributed by atoms with Crippen molar-refractivity contribution in [2.45, 2.75) is 20.3 Å². The Hall–Kier alpha value is -0.123. The van der Waals surface area contributed by atoms with E-state index in [1.165, 1.54) is 16.8 Å². The summed E-state index contributed by atoms with van der Waals surface area (Å²) in [6, 6.07) is 0. The van der Waals surface area contributed by atoms with E-state index in [-0.39, 0.29) is 18.9 Å². The minimum atomic E-state index is 0. The molecule has 0 aromatic carbocycles. The first-order valence-electron chi connectivity index (χ1n) is 3.58. The van der Waals surface area contributed by atoms with Crippen LogP contribution in [0.4, 0.5) is 0 Å². The first kappa shape index (κ1) is 10.9. The van der Waals surface area contributed by atoms with Crippen LogP contribution in [0.2, 0.25) is 0 Å². The summed E-state index contributed by atoms with van der Waals surface area (Å²) in [5.74, 6) is 0. The monoisotopic (exact) mass is 143 g/mol. The Kier molecular flexibility index (Phi) is 4.00. The van der Waals surface area contributed by atoms with Gasteiger partial charge in [-0.25, -0.2) is 17.2 Å². The molecule has 0 aromatic rings. The van der Waals surface area contributed by atoms with Crippen molar-refractivity contribution in [1.29, 1.82) is 0 Å². The summed E-state index contributed by atoms with van der Waals surface area (Å²) in [5.41, 5.74) is 4.06. The molecule has 0 radical (unpaired) electrons. The molecule has 0 aliphatic heterocycles. The summed E-state index contributed by atoms with van der Waals surface area (Å²) in [7, 11) is 4.13. The average Bonchev–Trinajstić information content (AvgIpc) is 2.13. The fraction of sp³-hybridized carbons (Fsp3) is 0.556. The molecule has 1 nitrogen and oxygen atoms in total. The fourth-order valence-corrected chi connectivity index (χ4v) is 1.02. The Morgan fingerprint density at radius 2 is 1.82 bits per heavy atom. The van der Waals surface area contributed by atoms with Crippen LogP contribution >= 0.6 is 0 Å². The van der Waals surface area contributed by atoms with Gasteiger partial charge in [-0.05, 0) is 0 Å². The van der Waals surface area contributed by atoms with Crippen molar-refractivity contribution < 1.29 is 18.9 Å². The van der Waals surface area contributed by atoms with Crippen LogP contribution in [0.25, 0.3) is 0 Å². The van der Waals surface area contributed by atoms with Crippen LogP contribution in [0.5, 0.6) is 0 Å². The van der Waals surface area contributed by atoms with Gasteiger partial charge in [0.15, 0.2) is 0 Å². The molecule has 0 bridgehead atoms. The molecule has 0 spiro atoms. The van der Waals surface area contributed by atoms with Gasteiger partial charge in [-0.15, -0.1) is 6.92 Å². The maximum absolute atomic E-state index is 3.33. The van der Waals surface area contributed by atoms with Crippen molar-refractivity contribution in [3.8, 4) is 0 Å². The zero-order valence-corrected chi connectivity index (χ0v) is 8.15. The summed E-state index contributed by atoms with van der Waals surface area (Å²) in [5, 5.41) is 0. The van der Waals surface area contributed by atoms with Crippen molar-refractivity contribution in [2.75, 3.05) is 14.1 Å². The van der Waals surface area contributed by atoms with Gasteiger partial charge < -0.3 is 4.90 Å². The summed E-state index contributed by atoms with van der Waals surface area (Å²) >= 11 is 0. The Bertz CT molecular complexity index is 202. The topological polar surface area (TPSA) is 3.24 Å². The van der Waals surface area contributed by atoms with E-state index in [9.17, 15) is 0 Å². The number of nitrogens with zero attached hydrogens (tertiary/aromatic N) is 1. The predicted octanol–water partition coefficient (Wildman–Crippen LogP) is -1.02. The molecule has 0 heterocycles. The molecule has 0 unspecified atom stereocenters. The molecule has 0 fully saturated rings. The van der Waals surface area contributed by atoms with Gasteiger partial charge in [-0.1, -0.05) is 19.0 Å². The molecular formula is C9H14LiN. The number of hydrogen-bond donors (Lipinski definition) is 0. The zero-order valence-electron chi connectivity index (χ0n) is 8.15. The first-order valence-corrected chi connectivity index (χ1v) is 3.58. The average molecular weight is 143 g/mol. The quantitative estimate of drug-likeness (QED) is 0.335. The van der Waals surface area contributed by atoms with Crippen LogP contribution in [-0.2, 0) is 0 Å². The molecule has 1 aliphatic rings. The molecular weight excluding hydrogens is 129 g/mol. The molecule has 11 heavy (non-hydrogen) atoms. The van der Waals surface area contributed by atoms with Crippen molar-refractivity contribution >= 4 is 0 Å². The SMILES string of the molecule is CC1=C(C)CC(N(C)C)=[C-]1.[Li+]. The molecule has 0 amide bonds. The largest absolute Gasteiger partial charge is 1.00 e. The van der Waals surface area contributed by atoms with Crippen LogP contribution in [0.15, 0.2) is 16.8 Å². The van der Waals surface area contributed by atoms with Gasteiger partial charge in [-0.3, -0.25) is 0 Å². The minimum Gasteiger partial charge on any atom is -0.399 e. The third-order valence-electron chi connectivity index (χ3n) is 1.94. The minimum absolute atomic E-state index is 0. The number of rotatable bonds is 1. The van der Waals surface area contributed by atoms with E-state index in [1.807, 2.05) is 0 Å². The third-order valence-corrected chi connectivity index (χ3v) is 1.94. The van der Waals surface area contributed by atoms with E-state index >= 15 is 0 Å². The van der Waals surface area contributed by atoms with Gasteiger partial charge in [0.1, 0.15) is 0 Å². The molecule has 56 valence electrons. The van der Waals surface area contributed by atoms with Gasteiger partial charge in [0.2, 0.25) is 0 Å². The third kappa shape index (κ3) is 2.43. The molecule has 1 aliphatic carbocycles. The second-order valence-electron chi connectivity index (χ2n) is 3.05. The van der Waals surface area contributed by atoms with Crippen LogP contribution in [0.3, 0.4) is 0 Å². The van der Waals surface area contributed by atoms with E-state index in [1.54, 1.807) is 0 Å². The van der Waals surface area contributed by atoms with E-state index in [4.69, 9.17) is 0 Å². The Labute approximate surface area is 81.3 Å². The Balaban J connectivity index is 0.000001000. The van der Waals surface area contributed by atoms with Crippen LogP contribution < -0.4 is 18.9 Å². The zero-order chi connectivity index (χ0) is 7.72. The summed E-state index contributed by atoms with van der Waals surface area (Å²) < 4.78 is 0. The Morgan fingerprint density at radius 1 is 1.27 bits per heavy atom. The molecule has 0 saturated heterocycles. The van der Waals surface area contributed by atoms with Gasteiger partial charge in [-0.2, -0.15) is 0 Å². The van der Waals surface area contributed by atoms with E-state index in [2.05, 4.69) is 38.9 Å². The van der Waals surface area contributed by atoms with Gasteiger partial charge in [0, 0.05) is 14.1 Å². The van der Waals surface area contributed by atoms with Crippen molar-refractivity contribution in [3.05, 3.63) is 22.9 Å². The van der Waals surface area contributed by atoms with E-state index < -0.39 is 0 Å².